The number of carbonyl (C=O) groups is 2. The zero-order valence-electron chi connectivity index (χ0n) is 17.2. The van der Waals surface area contributed by atoms with E-state index in [1.165, 1.54) is 23.0 Å². The smallest absolute Gasteiger partial charge is 0.341 e. The summed E-state index contributed by atoms with van der Waals surface area (Å²) in [4.78, 5) is 28.9. The highest BCUT2D eigenvalue weighted by molar-refractivity contribution is 7.20. The molecule has 0 saturated heterocycles. The minimum absolute atomic E-state index is 0. The molecule has 3 aromatic rings. The van der Waals surface area contributed by atoms with Crippen LogP contribution in [0.5, 0.6) is 0 Å². The zero-order valence-corrected chi connectivity index (χ0v) is 21.1. The molecule has 0 atom stereocenters. The topological polar surface area (TPSA) is 58.6 Å². The van der Waals surface area contributed by atoms with Crippen molar-refractivity contribution in [3.63, 3.8) is 0 Å². The second-order valence-corrected chi connectivity index (χ2v) is 10.5. The summed E-state index contributed by atoms with van der Waals surface area (Å²) in [6.07, 6.45) is 0.716. The Bertz CT molecular complexity index is 1120. The summed E-state index contributed by atoms with van der Waals surface area (Å²) in [5.41, 5.74) is 2.94. The molecule has 1 aliphatic heterocycles. The third-order valence-corrected chi connectivity index (χ3v) is 7.61. The largest absolute Gasteiger partial charge is 0.462 e. The SMILES string of the molecule is CCOC(=O)c1c(NC(=O)c2cc(Cl)sc2Cl)sc2c1CCN(Cc1ccccc1)C2.Cl. The number of esters is 1. The van der Waals surface area contributed by atoms with Gasteiger partial charge in [-0.15, -0.1) is 35.1 Å². The number of thiophene rings is 2. The maximum Gasteiger partial charge on any atom is 0.341 e. The first-order valence-corrected chi connectivity index (χ1v) is 12.2. The number of nitrogens with one attached hydrogen (secondary N) is 1. The molecule has 0 aliphatic carbocycles. The molecular formula is C22H21Cl3N2O3S2. The van der Waals surface area contributed by atoms with Crippen LogP contribution in [0.25, 0.3) is 0 Å². The summed E-state index contributed by atoms with van der Waals surface area (Å²) in [5, 5.41) is 3.36. The number of rotatable bonds is 6. The van der Waals surface area contributed by atoms with Crippen molar-refractivity contribution in [2.75, 3.05) is 18.5 Å². The third-order valence-electron chi connectivity index (χ3n) is 4.99. The van der Waals surface area contributed by atoms with E-state index in [0.717, 1.165) is 34.9 Å². The zero-order chi connectivity index (χ0) is 22.0. The molecule has 170 valence electrons. The molecule has 2 aromatic heterocycles. The van der Waals surface area contributed by atoms with E-state index >= 15 is 0 Å². The van der Waals surface area contributed by atoms with E-state index in [4.69, 9.17) is 27.9 Å². The Labute approximate surface area is 210 Å². The molecule has 0 spiro atoms. The molecule has 4 rings (SSSR count). The highest BCUT2D eigenvalue weighted by Gasteiger charge is 2.30. The maximum atomic E-state index is 12.8. The predicted octanol–water partition coefficient (Wildman–Crippen LogP) is 6.53. The fraction of sp³-hybridized carbons (Fsp3) is 0.273. The van der Waals surface area contributed by atoms with Gasteiger partial charge in [-0.1, -0.05) is 53.5 Å². The van der Waals surface area contributed by atoms with Crippen LogP contribution in [0.4, 0.5) is 5.00 Å². The van der Waals surface area contributed by atoms with Crippen LogP contribution in [0, 0.1) is 0 Å². The lowest BCUT2D eigenvalue weighted by atomic mass is 10.0. The number of carbonyl (C=O) groups excluding carboxylic acids is 2. The van der Waals surface area contributed by atoms with Gasteiger partial charge in [-0.25, -0.2) is 4.79 Å². The quantitative estimate of drug-likeness (QED) is 0.368. The van der Waals surface area contributed by atoms with Gasteiger partial charge in [-0.05, 0) is 30.5 Å². The number of anilines is 1. The van der Waals surface area contributed by atoms with Crippen molar-refractivity contribution < 1.29 is 14.3 Å². The number of halogens is 3. The van der Waals surface area contributed by atoms with Gasteiger partial charge >= 0.3 is 5.97 Å². The lowest BCUT2D eigenvalue weighted by molar-refractivity contribution is 0.0526. The first-order valence-electron chi connectivity index (χ1n) is 9.80. The molecule has 1 aliphatic rings. The molecule has 0 radical (unpaired) electrons. The monoisotopic (exact) mass is 530 g/mol. The summed E-state index contributed by atoms with van der Waals surface area (Å²) in [5.74, 6) is -0.806. The van der Waals surface area contributed by atoms with Gasteiger partial charge in [0.25, 0.3) is 5.91 Å². The summed E-state index contributed by atoms with van der Waals surface area (Å²) in [6, 6.07) is 11.8. The minimum Gasteiger partial charge on any atom is -0.462 e. The number of hydrogen-bond donors (Lipinski definition) is 1. The normalized spacial score (nSPS) is 13.2. The Morgan fingerprint density at radius 1 is 1.19 bits per heavy atom. The summed E-state index contributed by atoms with van der Waals surface area (Å²) in [6.45, 7) is 4.40. The van der Waals surface area contributed by atoms with Crippen molar-refractivity contribution in [3.8, 4) is 0 Å². The van der Waals surface area contributed by atoms with Gasteiger partial charge in [-0.2, -0.15) is 0 Å². The lowest BCUT2D eigenvalue weighted by Gasteiger charge is -2.27. The van der Waals surface area contributed by atoms with Crippen molar-refractivity contribution in [2.45, 2.75) is 26.4 Å². The number of amides is 1. The molecule has 32 heavy (non-hydrogen) atoms. The first-order chi connectivity index (χ1) is 15.0. The van der Waals surface area contributed by atoms with Gasteiger partial charge in [0.1, 0.15) is 9.34 Å². The lowest BCUT2D eigenvalue weighted by Crippen LogP contribution is -2.29. The average Bonchev–Trinajstić information content (AvgIpc) is 3.27. The van der Waals surface area contributed by atoms with Gasteiger partial charge in [0.15, 0.2) is 0 Å². The Hall–Kier alpha value is -1.61. The predicted molar refractivity (Wildman–Crippen MR) is 134 cm³/mol. The Morgan fingerprint density at radius 2 is 1.94 bits per heavy atom. The van der Waals surface area contributed by atoms with E-state index in [-0.39, 0.29) is 19.0 Å². The molecule has 1 N–H and O–H groups in total. The van der Waals surface area contributed by atoms with Gasteiger partial charge in [0.05, 0.1) is 22.1 Å². The van der Waals surface area contributed by atoms with E-state index < -0.39 is 11.9 Å². The molecule has 5 nitrogen and oxygen atoms in total. The van der Waals surface area contributed by atoms with E-state index in [9.17, 15) is 9.59 Å². The molecule has 0 saturated carbocycles. The second-order valence-electron chi connectivity index (χ2n) is 7.07. The van der Waals surface area contributed by atoms with Crippen LogP contribution < -0.4 is 5.32 Å². The molecule has 3 heterocycles. The summed E-state index contributed by atoms with van der Waals surface area (Å²) < 4.78 is 6.04. The van der Waals surface area contributed by atoms with Crippen molar-refractivity contribution in [1.82, 2.24) is 4.90 Å². The average molecular weight is 532 g/mol. The van der Waals surface area contributed by atoms with Gasteiger partial charge in [0.2, 0.25) is 0 Å². The van der Waals surface area contributed by atoms with Crippen LogP contribution in [0.3, 0.4) is 0 Å². The van der Waals surface area contributed by atoms with Crippen LogP contribution in [0.1, 0.15) is 43.6 Å². The van der Waals surface area contributed by atoms with E-state index in [0.29, 0.717) is 37.8 Å². The fourth-order valence-corrected chi connectivity index (χ4v) is 6.34. The van der Waals surface area contributed by atoms with Gasteiger partial charge in [-0.3, -0.25) is 9.69 Å². The van der Waals surface area contributed by atoms with E-state index in [2.05, 4.69) is 22.3 Å². The number of benzene rings is 1. The van der Waals surface area contributed by atoms with Crippen molar-refractivity contribution >= 4 is 75.2 Å². The van der Waals surface area contributed by atoms with Crippen LogP contribution in [0.15, 0.2) is 36.4 Å². The first kappa shape index (κ1) is 25.0. The summed E-state index contributed by atoms with van der Waals surface area (Å²) >= 11 is 14.7. The van der Waals surface area contributed by atoms with Crippen molar-refractivity contribution in [2.24, 2.45) is 0 Å². The van der Waals surface area contributed by atoms with Crippen molar-refractivity contribution in [1.29, 1.82) is 0 Å². The Balaban J connectivity index is 0.00000289. The van der Waals surface area contributed by atoms with E-state index in [1.54, 1.807) is 6.92 Å². The Kier molecular flexibility index (Phi) is 8.61. The minimum atomic E-state index is -0.416. The highest BCUT2D eigenvalue weighted by atomic mass is 35.5. The molecule has 0 bridgehead atoms. The van der Waals surface area contributed by atoms with Crippen LogP contribution in [0.2, 0.25) is 8.67 Å². The number of fused-ring (bicyclic) bond motifs is 1. The third kappa shape index (κ3) is 5.47. The molecule has 10 heteroatoms. The highest BCUT2D eigenvalue weighted by Crippen LogP contribution is 2.39. The number of hydrogen-bond acceptors (Lipinski definition) is 6. The van der Waals surface area contributed by atoms with Crippen molar-refractivity contribution in [3.05, 3.63) is 72.2 Å². The van der Waals surface area contributed by atoms with Gasteiger partial charge in [0, 0.05) is 24.5 Å². The summed E-state index contributed by atoms with van der Waals surface area (Å²) in [7, 11) is 0. The number of ether oxygens (including phenoxy) is 1. The fourth-order valence-electron chi connectivity index (χ4n) is 3.61. The van der Waals surface area contributed by atoms with E-state index in [1.807, 2.05) is 18.2 Å². The standard InChI is InChI=1S/C22H20Cl2N2O3S2.ClH/c1-2-29-22(28)18-14-8-9-26(11-13-6-4-3-5-7-13)12-16(14)30-21(18)25-20(27)15-10-17(23)31-19(15)24;/h3-7,10H,2,8-9,11-12H2,1H3,(H,25,27);1H. The van der Waals surface area contributed by atoms with Crippen LogP contribution >= 0.6 is 58.3 Å². The molecular weight excluding hydrogens is 511 g/mol. The Morgan fingerprint density at radius 3 is 2.59 bits per heavy atom. The second kappa shape index (κ2) is 11.0. The molecule has 1 amide bonds. The molecule has 0 fully saturated rings. The number of nitrogens with zero attached hydrogens (tertiary/aromatic N) is 1. The van der Waals surface area contributed by atoms with Crippen LogP contribution in [-0.2, 0) is 24.2 Å². The van der Waals surface area contributed by atoms with Gasteiger partial charge < -0.3 is 10.1 Å². The molecule has 0 unspecified atom stereocenters. The maximum absolute atomic E-state index is 12.8. The van der Waals surface area contributed by atoms with Crippen LogP contribution in [-0.4, -0.2) is 29.9 Å². The molecule has 1 aromatic carbocycles.